The lowest BCUT2D eigenvalue weighted by atomic mass is 9.92. The number of fused-ring (bicyclic) bond motifs is 1. The van der Waals surface area contributed by atoms with Gasteiger partial charge < -0.3 is 5.32 Å². The number of aromatic nitrogens is 2. The van der Waals surface area contributed by atoms with Gasteiger partial charge in [0.25, 0.3) is 0 Å². The molecule has 0 aliphatic heterocycles. The molecule has 0 bridgehead atoms. The van der Waals surface area contributed by atoms with Crippen LogP contribution in [0, 0.1) is 0 Å². The zero-order valence-corrected chi connectivity index (χ0v) is 16.5. The van der Waals surface area contributed by atoms with E-state index in [-0.39, 0.29) is 0 Å². The molecule has 1 aliphatic rings. The Kier molecular flexibility index (Phi) is 7.39. The molecule has 142 valence electrons. The molecule has 2 aromatic rings. The molecule has 0 radical (unpaired) electrons. The van der Waals surface area contributed by atoms with E-state index >= 15 is 0 Å². The maximum atomic E-state index is 4.96. The summed E-state index contributed by atoms with van der Waals surface area (Å²) < 4.78 is 0. The van der Waals surface area contributed by atoms with Crippen LogP contribution in [0.1, 0.15) is 63.4 Å². The minimum atomic E-state index is 0.727. The molecule has 0 unspecified atom stereocenters. The standard InChI is InChI=1S/C22H34N4/c1-3-23-16-9-5-4-6-14-20-19-13-7-8-15-21(19)25-22(24-20)17-26(2)18-11-10-12-18/h7-8,13,15,18,23H,3-6,9-12,14,16-17H2,1-2H3. The van der Waals surface area contributed by atoms with Crippen LogP contribution in [0.3, 0.4) is 0 Å². The van der Waals surface area contributed by atoms with Crippen molar-refractivity contribution >= 4 is 10.9 Å². The Bertz CT molecular complexity index is 681. The van der Waals surface area contributed by atoms with Gasteiger partial charge in [-0.25, -0.2) is 9.97 Å². The quantitative estimate of drug-likeness (QED) is 0.610. The molecule has 4 nitrogen and oxygen atoms in total. The lowest BCUT2D eigenvalue weighted by Gasteiger charge is -2.34. The fourth-order valence-electron chi connectivity index (χ4n) is 3.71. The molecular formula is C22H34N4. The molecule has 1 saturated carbocycles. The van der Waals surface area contributed by atoms with Crippen molar-refractivity contribution in [1.29, 1.82) is 0 Å². The van der Waals surface area contributed by atoms with Crippen LogP contribution in [0.5, 0.6) is 0 Å². The highest BCUT2D eigenvalue weighted by Crippen LogP contribution is 2.25. The monoisotopic (exact) mass is 354 g/mol. The summed E-state index contributed by atoms with van der Waals surface area (Å²) in [5.74, 6) is 0.986. The maximum absolute atomic E-state index is 4.96. The zero-order valence-electron chi connectivity index (χ0n) is 16.5. The summed E-state index contributed by atoms with van der Waals surface area (Å²) in [5.41, 5.74) is 2.33. The van der Waals surface area contributed by atoms with E-state index in [1.165, 1.54) is 56.0 Å². The third kappa shape index (κ3) is 5.24. The molecule has 3 rings (SSSR count). The first-order valence-corrected chi connectivity index (χ1v) is 10.4. The van der Waals surface area contributed by atoms with Crippen molar-refractivity contribution < 1.29 is 0 Å². The van der Waals surface area contributed by atoms with Gasteiger partial charge in [0.2, 0.25) is 0 Å². The van der Waals surface area contributed by atoms with E-state index in [0.29, 0.717) is 0 Å². The van der Waals surface area contributed by atoms with Crippen molar-refractivity contribution in [3.05, 3.63) is 35.8 Å². The van der Waals surface area contributed by atoms with E-state index in [4.69, 9.17) is 9.97 Å². The second-order valence-electron chi connectivity index (χ2n) is 7.62. The van der Waals surface area contributed by atoms with Crippen LogP contribution < -0.4 is 5.32 Å². The van der Waals surface area contributed by atoms with E-state index in [1.807, 2.05) is 0 Å². The molecule has 1 aromatic heterocycles. The van der Waals surface area contributed by atoms with Crippen LogP contribution in [-0.4, -0.2) is 41.0 Å². The largest absolute Gasteiger partial charge is 0.317 e. The first-order chi connectivity index (χ1) is 12.8. The van der Waals surface area contributed by atoms with E-state index in [2.05, 4.69) is 48.5 Å². The van der Waals surface area contributed by atoms with Gasteiger partial charge in [-0.05, 0) is 58.3 Å². The molecule has 0 spiro atoms. The molecule has 1 fully saturated rings. The predicted molar refractivity (Wildman–Crippen MR) is 109 cm³/mol. The van der Waals surface area contributed by atoms with Crippen LogP contribution in [0.25, 0.3) is 10.9 Å². The van der Waals surface area contributed by atoms with Gasteiger partial charge >= 0.3 is 0 Å². The Morgan fingerprint density at radius 2 is 1.88 bits per heavy atom. The number of para-hydroxylation sites is 1. The molecule has 0 atom stereocenters. The summed E-state index contributed by atoms with van der Waals surface area (Å²) in [5, 5.41) is 4.63. The zero-order chi connectivity index (χ0) is 18.2. The summed E-state index contributed by atoms with van der Waals surface area (Å²) >= 11 is 0. The second kappa shape index (κ2) is 9.98. The number of nitrogens with one attached hydrogen (secondary N) is 1. The summed E-state index contributed by atoms with van der Waals surface area (Å²) in [6.07, 6.45) is 10.1. The Morgan fingerprint density at radius 3 is 2.65 bits per heavy atom. The average Bonchev–Trinajstić information content (AvgIpc) is 2.59. The molecular weight excluding hydrogens is 320 g/mol. The minimum Gasteiger partial charge on any atom is -0.317 e. The smallest absolute Gasteiger partial charge is 0.143 e. The van der Waals surface area contributed by atoms with Crippen LogP contribution in [0.15, 0.2) is 24.3 Å². The molecule has 1 heterocycles. The van der Waals surface area contributed by atoms with E-state index in [1.54, 1.807) is 0 Å². The van der Waals surface area contributed by atoms with Crippen molar-refractivity contribution in [3.63, 3.8) is 0 Å². The lowest BCUT2D eigenvalue weighted by Crippen LogP contribution is -2.37. The van der Waals surface area contributed by atoms with E-state index in [9.17, 15) is 0 Å². The van der Waals surface area contributed by atoms with Gasteiger partial charge in [0, 0.05) is 11.4 Å². The van der Waals surface area contributed by atoms with Gasteiger partial charge in [0.05, 0.1) is 17.8 Å². The fraction of sp³-hybridized carbons (Fsp3) is 0.636. The molecule has 1 N–H and O–H groups in total. The van der Waals surface area contributed by atoms with Gasteiger partial charge in [-0.1, -0.05) is 44.4 Å². The number of nitrogens with zero attached hydrogens (tertiary/aromatic N) is 3. The van der Waals surface area contributed by atoms with Crippen molar-refractivity contribution in [2.24, 2.45) is 0 Å². The Hall–Kier alpha value is -1.52. The number of benzene rings is 1. The predicted octanol–water partition coefficient (Wildman–Crippen LogP) is 4.33. The van der Waals surface area contributed by atoms with Crippen LogP contribution in [0.2, 0.25) is 0 Å². The van der Waals surface area contributed by atoms with Gasteiger partial charge in [-0.3, -0.25) is 4.90 Å². The second-order valence-corrected chi connectivity index (χ2v) is 7.62. The Morgan fingerprint density at radius 1 is 1.08 bits per heavy atom. The van der Waals surface area contributed by atoms with E-state index < -0.39 is 0 Å². The van der Waals surface area contributed by atoms with Crippen molar-refractivity contribution in [1.82, 2.24) is 20.2 Å². The van der Waals surface area contributed by atoms with Crippen LogP contribution in [-0.2, 0) is 13.0 Å². The summed E-state index contributed by atoms with van der Waals surface area (Å²) in [4.78, 5) is 12.2. The molecule has 26 heavy (non-hydrogen) atoms. The Labute approximate surface area is 158 Å². The molecule has 1 aliphatic carbocycles. The van der Waals surface area contributed by atoms with Gasteiger partial charge in [0.15, 0.2) is 0 Å². The number of unbranched alkanes of at least 4 members (excludes halogenated alkanes) is 3. The average molecular weight is 355 g/mol. The van der Waals surface area contributed by atoms with Gasteiger partial charge in [-0.2, -0.15) is 0 Å². The number of hydrogen-bond donors (Lipinski definition) is 1. The molecule has 1 aromatic carbocycles. The van der Waals surface area contributed by atoms with Crippen LogP contribution >= 0.6 is 0 Å². The molecule has 0 amide bonds. The van der Waals surface area contributed by atoms with Crippen molar-refractivity contribution in [2.45, 2.75) is 70.9 Å². The topological polar surface area (TPSA) is 41.1 Å². The van der Waals surface area contributed by atoms with Crippen molar-refractivity contribution in [2.75, 3.05) is 20.1 Å². The summed E-state index contributed by atoms with van der Waals surface area (Å²) in [6.45, 7) is 5.25. The summed E-state index contributed by atoms with van der Waals surface area (Å²) in [7, 11) is 2.21. The molecule has 4 heteroatoms. The highest BCUT2D eigenvalue weighted by Gasteiger charge is 2.22. The van der Waals surface area contributed by atoms with E-state index in [0.717, 1.165) is 43.4 Å². The highest BCUT2D eigenvalue weighted by molar-refractivity contribution is 5.80. The lowest BCUT2D eigenvalue weighted by molar-refractivity contribution is 0.149. The minimum absolute atomic E-state index is 0.727. The van der Waals surface area contributed by atoms with Gasteiger partial charge in [0.1, 0.15) is 5.82 Å². The van der Waals surface area contributed by atoms with Crippen molar-refractivity contribution in [3.8, 4) is 0 Å². The Balaban J connectivity index is 1.61. The van der Waals surface area contributed by atoms with Gasteiger partial charge in [-0.15, -0.1) is 0 Å². The van der Waals surface area contributed by atoms with Crippen LogP contribution in [0.4, 0.5) is 0 Å². The maximum Gasteiger partial charge on any atom is 0.143 e. The first-order valence-electron chi connectivity index (χ1n) is 10.4. The number of hydrogen-bond acceptors (Lipinski definition) is 4. The number of aryl methyl sites for hydroxylation is 1. The highest BCUT2D eigenvalue weighted by atomic mass is 15.2. The SMILES string of the molecule is CCNCCCCCCc1nc(CN(C)C2CCC2)nc2ccccc12. The fourth-order valence-corrected chi connectivity index (χ4v) is 3.71. The number of rotatable bonds is 11. The molecule has 0 saturated heterocycles. The third-order valence-electron chi connectivity index (χ3n) is 5.58. The normalized spacial score (nSPS) is 14.9. The first kappa shape index (κ1) is 19.2. The third-order valence-corrected chi connectivity index (χ3v) is 5.58. The summed E-state index contributed by atoms with van der Waals surface area (Å²) in [6, 6.07) is 9.22.